The lowest BCUT2D eigenvalue weighted by Gasteiger charge is -2.24. The molecular formula is C17H18FN3OS. The van der Waals surface area contributed by atoms with Crippen LogP contribution in [-0.4, -0.2) is 36.1 Å². The van der Waals surface area contributed by atoms with Crippen LogP contribution in [0.25, 0.3) is 10.8 Å². The van der Waals surface area contributed by atoms with Gasteiger partial charge in [0.1, 0.15) is 5.82 Å². The minimum Gasteiger partial charge on any atom is -0.335 e. The molecule has 2 heterocycles. The van der Waals surface area contributed by atoms with Crippen LogP contribution in [-0.2, 0) is 0 Å². The van der Waals surface area contributed by atoms with Gasteiger partial charge < -0.3 is 10.2 Å². The van der Waals surface area contributed by atoms with E-state index in [1.807, 2.05) is 19.5 Å². The first kappa shape index (κ1) is 15.7. The van der Waals surface area contributed by atoms with Crippen LogP contribution < -0.4 is 5.32 Å². The predicted molar refractivity (Wildman–Crippen MR) is 91.4 cm³/mol. The summed E-state index contributed by atoms with van der Waals surface area (Å²) in [5, 5.41) is 8.60. The summed E-state index contributed by atoms with van der Waals surface area (Å²) in [5.74, 6) is -0.305. The minimum atomic E-state index is -0.305. The molecule has 0 saturated carbocycles. The maximum Gasteiger partial charge on any atom is 0.325 e. The van der Waals surface area contributed by atoms with Crippen LogP contribution in [0.3, 0.4) is 0 Å². The summed E-state index contributed by atoms with van der Waals surface area (Å²) in [6.45, 7) is 0.505. The lowest BCUT2D eigenvalue weighted by molar-refractivity contribution is 0.234. The maximum atomic E-state index is 13.2. The van der Waals surface area contributed by atoms with Crippen molar-refractivity contribution in [1.82, 2.24) is 14.8 Å². The number of aromatic nitrogens is 1. The zero-order chi connectivity index (χ0) is 16.4. The number of halogens is 1. The van der Waals surface area contributed by atoms with E-state index < -0.39 is 0 Å². The summed E-state index contributed by atoms with van der Waals surface area (Å²) < 4.78 is 14.7. The Morgan fingerprint density at radius 1 is 1.30 bits per heavy atom. The van der Waals surface area contributed by atoms with Crippen molar-refractivity contribution in [1.29, 1.82) is 0 Å². The van der Waals surface area contributed by atoms with Gasteiger partial charge >= 0.3 is 6.03 Å². The molecule has 1 unspecified atom stereocenters. The number of hydrogen-bond acceptors (Lipinski definition) is 3. The van der Waals surface area contributed by atoms with Crippen LogP contribution in [0, 0.1) is 5.82 Å². The van der Waals surface area contributed by atoms with Crippen molar-refractivity contribution in [2.24, 2.45) is 0 Å². The molecule has 23 heavy (non-hydrogen) atoms. The molecule has 0 radical (unpaired) electrons. The van der Waals surface area contributed by atoms with E-state index in [2.05, 4.69) is 21.7 Å². The van der Waals surface area contributed by atoms with Crippen molar-refractivity contribution in [2.45, 2.75) is 6.04 Å². The Morgan fingerprint density at radius 3 is 2.78 bits per heavy atom. The van der Waals surface area contributed by atoms with Crippen LogP contribution in [0.1, 0.15) is 11.6 Å². The van der Waals surface area contributed by atoms with E-state index in [1.165, 1.54) is 22.3 Å². The summed E-state index contributed by atoms with van der Waals surface area (Å²) in [6.07, 6.45) is 3.35. The van der Waals surface area contributed by atoms with Crippen LogP contribution >= 0.6 is 11.3 Å². The lowest BCUT2D eigenvalue weighted by Crippen LogP contribution is -2.36. The fourth-order valence-electron chi connectivity index (χ4n) is 2.57. The van der Waals surface area contributed by atoms with E-state index in [4.69, 9.17) is 0 Å². The first-order valence-electron chi connectivity index (χ1n) is 7.28. The number of likely N-dealkylation sites (N-methyl/N-ethyl adjacent to an activating group) is 1. The minimum absolute atomic E-state index is 0.118. The number of nitrogens with one attached hydrogen (secondary N) is 1. The standard InChI is InChI=1S/C17H18FN3OS/c1-20(2)16(13-5-6-23-11-13)8-19-17(22)21-9-12-3-4-15(18)7-14(12)10-21/h3-7,9-11,16H,8H2,1-2H3,(H,19,22). The molecule has 1 aromatic carbocycles. The highest BCUT2D eigenvalue weighted by molar-refractivity contribution is 7.07. The summed E-state index contributed by atoms with van der Waals surface area (Å²) in [6, 6.07) is 6.45. The van der Waals surface area contributed by atoms with Gasteiger partial charge in [0.2, 0.25) is 0 Å². The van der Waals surface area contributed by atoms with Crippen LogP contribution in [0.2, 0.25) is 0 Å². The van der Waals surface area contributed by atoms with Gasteiger partial charge in [-0.15, -0.1) is 0 Å². The van der Waals surface area contributed by atoms with Gasteiger partial charge in [0.15, 0.2) is 0 Å². The Morgan fingerprint density at radius 2 is 2.09 bits per heavy atom. The summed E-state index contributed by atoms with van der Waals surface area (Å²) in [7, 11) is 3.97. The lowest BCUT2D eigenvalue weighted by atomic mass is 10.1. The van der Waals surface area contributed by atoms with Gasteiger partial charge in [-0.2, -0.15) is 11.3 Å². The third-order valence-corrected chi connectivity index (χ3v) is 4.54. The predicted octanol–water partition coefficient (Wildman–Crippen LogP) is 3.70. The number of amides is 1. The highest BCUT2D eigenvalue weighted by Crippen LogP contribution is 2.20. The third kappa shape index (κ3) is 3.43. The summed E-state index contributed by atoms with van der Waals surface area (Å²) in [5.41, 5.74) is 1.18. The number of thiophene rings is 1. The number of rotatable bonds is 4. The Labute approximate surface area is 138 Å². The summed E-state index contributed by atoms with van der Waals surface area (Å²) >= 11 is 1.64. The molecule has 0 spiro atoms. The third-order valence-electron chi connectivity index (χ3n) is 3.84. The van der Waals surface area contributed by atoms with Crippen molar-refractivity contribution in [3.63, 3.8) is 0 Å². The number of benzene rings is 1. The first-order valence-corrected chi connectivity index (χ1v) is 8.23. The van der Waals surface area contributed by atoms with Crippen LogP contribution in [0.4, 0.5) is 9.18 Å². The van der Waals surface area contributed by atoms with Crippen LogP contribution in [0.15, 0.2) is 47.4 Å². The molecular weight excluding hydrogens is 313 g/mol. The van der Waals surface area contributed by atoms with Crippen molar-refractivity contribution in [3.05, 3.63) is 58.8 Å². The quantitative estimate of drug-likeness (QED) is 0.791. The van der Waals surface area contributed by atoms with Gasteiger partial charge in [-0.25, -0.2) is 9.18 Å². The second-order valence-corrected chi connectivity index (χ2v) is 6.44. The van der Waals surface area contributed by atoms with Gasteiger partial charge in [0, 0.05) is 29.7 Å². The van der Waals surface area contributed by atoms with E-state index in [9.17, 15) is 9.18 Å². The maximum absolute atomic E-state index is 13.2. The second-order valence-electron chi connectivity index (χ2n) is 5.66. The Bertz CT molecular complexity index is 810. The van der Waals surface area contributed by atoms with E-state index in [-0.39, 0.29) is 17.9 Å². The molecule has 6 heteroatoms. The molecule has 4 nitrogen and oxygen atoms in total. The fourth-order valence-corrected chi connectivity index (χ4v) is 3.27. The molecule has 1 amide bonds. The fraction of sp³-hybridized carbons (Fsp3) is 0.235. The number of carbonyl (C=O) groups is 1. The van der Waals surface area contributed by atoms with Crippen molar-refractivity contribution >= 4 is 28.1 Å². The molecule has 0 aliphatic heterocycles. The molecule has 2 aromatic heterocycles. The Kier molecular flexibility index (Phi) is 4.45. The molecule has 3 rings (SSSR count). The van der Waals surface area contributed by atoms with Gasteiger partial charge in [-0.1, -0.05) is 0 Å². The molecule has 3 aromatic rings. The topological polar surface area (TPSA) is 37.3 Å². The Hall–Kier alpha value is -2.18. The molecule has 0 fully saturated rings. The number of carbonyl (C=O) groups excluding carboxylic acids is 1. The highest BCUT2D eigenvalue weighted by atomic mass is 32.1. The van der Waals surface area contributed by atoms with Gasteiger partial charge in [-0.05, 0) is 54.7 Å². The number of fused-ring (bicyclic) bond motifs is 1. The van der Waals surface area contributed by atoms with Gasteiger partial charge in [0.25, 0.3) is 0 Å². The zero-order valence-electron chi connectivity index (χ0n) is 13.0. The highest BCUT2D eigenvalue weighted by Gasteiger charge is 2.16. The molecule has 0 aliphatic carbocycles. The Balaban J connectivity index is 1.72. The summed E-state index contributed by atoms with van der Waals surface area (Å²) in [4.78, 5) is 14.4. The molecule has 1 N–H and O–H groups in total. The van der Waals surface area contributed by atoms with E-state index in [0.29, 0.717) is 11.9 Å². The molecule has 120 valence electrons. The average molecular weight is 331 g/mol. The normalized spacial score (nSPS) is 12.7. The monoisotopic (exact) mass is 331 g/mol. The number of nitrogens with zero attached hydrogens (tertiary/aromatic N) is 2. The molecule has 0 bridgehead atoms. The van der Waals surface area contributed by atoms with Gasteiger partial charge in [0.05, 0.1) is 6.04 Å². The SMILES string of the molecule is CN(C)C(CNC(=O)n1cc2ccc(F)cc2c1)c1ccsc1. The van der Waals surface area contributed by atoms with E-state index in [1.54, 1.807) is 29.8 Å². The number of hydrogen-bond donors (Lipinski definition) is 1. The smallest absolute Gasteiger partial charge is 0.325 e. The van der Waals surface area contributed by atoms with E-state index >= 15 is 0 Å². The van der Waals surface area contributed by atoms with Crippen molar-refractivity contribution < 1.29 is 9.18 Å². The van der Waals surface area contributed by atoms with Crippen molar-refractivity contribution in [3.8, 4) is 0 Å². The van der Waals surface area contributed by atoms with Gasteiger partial charge in [-0.3, -0.25) is 4.57 Å². The largest absolute Gasteiger partial charge is 0.335 e. The second kappa shape index (κ2) is 6.52. The van der Waals surface area contributed by atoms with Crippen LogP contribution in [0.5, 0.6) is 0 Å². The zero-order valence-corrected chi connectivity index (χ0v) is 13.8. The van der Waals surface area contributed by atoms with Crippen molar-refractivity contribution in [2.75, 3.05) is 20.6 Å². The van der Waals surface area contributed by atoms with E-state index in [0.717, 1.165) is 5.39 Å². The first-order chi connectivity index (χ1) is 11.0. The molecule has 1 atom stereocenters. The average Bonchev–Trinajstić information content (AvgIpc) is 3.15. The molecule has 0 aliphatic rings. The molecule has 0 saturated heterocycles.